The number of halogens is 1. The number of hydrogen-bond acceptors (Lipinski definition) is 4. The Morgan fingerprint density at radius 2 is 1.73 bits per heavy atom. The number of hydrogen-bond donors (Lipinski definition) is 1. The molecule has 30 heavy (non-hydrogen) atoms. The largest absolute Gasteiger partial charge is 0.355 e. The van der Waals surface area contributed by atoms with Gasteiger partial charge >= 0.3 is 0 Å². The van der Waals surface area contributed by atoms with E-state index >= 15 is 0 Å². The maximum absolute atomic E-state index is 12.8. The lowest BCUT2D eigenvalue weighted by molar-refractivity contribution is 0.0924. The van der Waals surface area contributed by atoms with Crippen molar-refractivity contribution in [3.63, 3.8) is 0 Å². The number of likely N-dealkylation sites (tertiary alicyclic amines) is 1. The van der Waals surface area contributed by atoms with Crippen LogP contribution in [0.3, 0.4) is 0 Å². The molecule has 1 amide bonds. The normalized spacial score (nSPS) is 16.0. The fourth-order valence-electron chi connectivity index (χ4n) is 3.99. The molecular formula is C24H26ClN3O2. The molecule has 6 heteroatoms. The molecule has 1 atom stereocenters. The molecule has 1 fully saturated rings. The predicted octanol–water partition coefficient (Wildman–Crippen LogP) is 5.34. The third kappa shape index (κ3) is 4.91. The topological polar surface area (TPSA) is 58.4 Å². The summed E-state index contributed by atoms with van der Waals surface area (Å²) in [7, 11) is 0. The monoisotopic (exact) mass is 423 g/mol. The van der Waals surface area contributed by atoms with Crippen molar-refractivity contribution in [3.8, 4) is 11.3 Å². The van der Waals surface area contributed by atoms with E-state index in [1.165, 1.54) is 25.7 Å². The van der Waals surface area contributed by atoms with E-state index in [2.05, 4.69) is 15.4 Å². The Morgan fingerprint density at radius 1 is 1.03 bits per heavy atom. The van der Waals surface area contributed by atoms with Gasteiger partial charge in [-0.15, -0.1) is 0 Å². The van der Waals surface area contributed by atoms with E-state index in [9.17, 15) is 4.79 Å². The third-order valence-electron chi connectivity index (χ3n) is 5.60. The van der Waals surface area contributed by atoms with E-state index in [1.807, 2.05) is 54.6 Å². The highest BCUT2D eigenvalue weighted by atomic mass is 35.5. The van der Waals surface area contributed by atoms with Gasteiger partial charge in [-0.2, -0.15) is 0 Å². The minimum absolute atomic E-state index is 0.0289. The van der Waals surface area contributed by atoms with E-state index in [-0.39, 0.29) is 17.6 Å². The minimum atomic E-state index is -0.243. The van der Waals surface area contributed by atoms with Gasteiger partial charge in [-0.3, -0.25) is 9.69 Å². The standard InChI is InChI=1S/C24H26ClN3O2/c25-20-13-7-6-12-19(20)22(28-14-8-1-2-9-15-28)17-26-24(29)21-16-23(30-27-21)18-10-4-3-5-11-18/h3-7,10-13,16,22H,1-2,8-9,14-15,17H2,(H,26,29). The fraction of sp³-hybridized carbons (Fsp3) is 0.333. The van der Waals surface area contributed by atoms with Crippen LogP contribution in [0.15, 0.2) is 65.2 Å². The Balaban J connectivity index is 1.49. The summed E-state index contributed by atoms with van der Waals surface area (Å²) in [5.41, 5.74) is 2.22. The fourth-order valence-corrected chi connectivity index (χ4v) is 4.25. The van der Waals surface area contributed by atoms with Crippen molar-refractivity contribution in [2.24, 2.45) is 0 Å². The summed E-state index contributed by atoms with van der Waals surface area (Å²) < 4.78 is 5.37. The van der Waals surface area contributed by atoms with Gasteiger partial charge in [-0.1, -0.05) is 78.1 Å². The van der Waals surface area contributed by atoms with Crippen molar-refractivity contribution < 1.29 is 9.32 Å². The van der Waals surface area contributed by atoms with Gasteiger partial charge in [-0.25, -0.2) is 0 Å². The van der Waals surface area contributed by atoms with Crippen LogP contribution in [0.1, 0.15) is 47.8 Å². The Morgan fingerprint density at radius 3 is 2.47 bits per heavy atom. The molecule has 0 spiro atoms. The summed E-state index contributed by atoms with van der Waals surface area (Å²) in [6, 6.07) is 19.2. The first-order valence-corrected chi connectivity index (χ1v) is 10.9. The van der Waals surface area contributed by atoms with Crippen molar-refractivity contribution in [3.05, 3.63) is 76.9 Å². The van der Waals surface area contributed by atoms with E-state index < -0.39 is 0 Å². The van der Waals surface area contributed by atoms with Crippen LogP contribution in [0.5, 0.6) is 0 Å². The number of benzene rings is 2. The van der Waals surface area contributed by atoms with Gasteiger partial charge in [0.1, 0.15) is 0 Å². The smallest absolute Gasteiger partial charge is 0.273 e. The van der Waals surface area contributed by atoms with Gasteiger partial charge in [0, 0.05) is 23.2 Å². The zero-order valence-electron chi connectivity index (χ0n) is 16.9. The second-order valence-electron chi connectivity index (χ2n) is 7.64. The van der Waals surface area contributed by atoms with E-state index in [0.29, 0.717) is 12.3 Å². The quantitative estimate of drug-likeness (QED) is 0.581. The molecular weight excluding hydrogens is 398 g/mol. The zero-order chi connectivity index (χ0) is 20.8. The van der Waals surface area contributed by atoms with Crippen molar-refractivity contribution in [2.75, 3.05) is 19.6 Å². The number of aromatic nitrogens is 1. The van der Waals surface area contributed by atoms with Crippen LogP contribution >= 0.6 is 11.6 Å². The summed E-state index contributed by atoms with van der Waals surface area (Å²) in [6.07, 6.45) is 4.83. The summed E-state index contributed by atoms with van der Waals surface area (Å²) in [6.45, 7) is 2.48. The summed E-state index contributed by atoms with van der Waals surface area (Å²) >= 11 is 6.52. The average Bonchev–Trinajstić information content (AvgIpc) is 3.13. The molecule has 0 bridgehead atoms. The number of amides is 1. The second-order valence-corrected chi connectivity index (χ2v) is 8.05. The minimum Gasteiger partial charge on any atom is -0.355 e. The lowest BCUT2D eigenvalue weighted by Crippen LogP contribution is -2.39. The molecule has 1 unspecified atom stereocenters. The van der Waals surface area contributed by atoms with Crippen molar-refractivity contribution in [1.82, 2.24) is 15.4 Å². The van der Waals surface area contributed by atoms with Crippen LogP contribution < -0.4 is 5.32 Å². The highest BCUT2D eigenvalue weighted by Gasteiger charge is 2.24. The first-order valence-electron chi connectivity index (χ1n) is 10.5. The number of carbonyl (C=O) groups is 1. The molecule has 4 rings (SSSR count). The lowest BCUT2D eigenvalue weighted by atomic mass is 10.0. The summed E-state index contributed by atoms with van der Waals surface area (Å²) in [5, 5.41) is 7.74. The summed E-state index contributed by atoms with van der Waals surface area (Å²) in [4.78, 5) is 15.2. The van der Waals surface area contributed by atoms with E-state index in [0.717, 1.165) is 29.2 Å². The molecule has 3 aromatic rings. The van der Waals surface area contributed by atoms with Gasteiger partial charge in [0.25, 0.3) is 5.91 Å². The first kappa shape index (κ1) is 20.6. The van der Waals surface area contributed by atoms with Crippen LogP contribution in [-0.2, 0) is 0 Å². The highest BCUT2D eigenvalue weighted by molar-refractivity contribution is 6.31. The molecule has 156 valence electrons. The van der Waals surface area contributed by atoms with Gasteiger partial charge < -0.3 is 9.84 Å². The molecule has 5 nitrogen and oxygen atoms in total. The van der Waals surface area contributed by atoms with Crippen molar-refractivity contribution in [1.29, 1.82) is 0 Å². The number of carbonyl (C=O) groups excluding carboxylic acids is 1. The second kappa shape index (κ2) is 9.92. The molecule has 1 aliphatic heterocycles. The number of nitrogens with zero attached hydrogens (tertiary/aromatic N) is 2. The SMILES string of the molecule is O=C(NCC(c1ccccc1Cl)N1CCCCCC1)c1cc(-c2ccccc2)on1. The molecule has 1 aromatic heterocycles. The molecule has 0 saturated carbocycles. The predicted molar refractivity (Wildman–Crippen MR) is 119 cm³/mol. The Labute approximate surface area is 182 Å². The average molecular weight is 424 g/mol. The maximum atomic E-state index is 12.8. The van der Waals surface area contributed by atoms with Gasteiger partial charge in [-0.05, 0) is 37.6 Å². The number of nitrogens with one attached hydrogen (secondary N) is 1. The Kier molecular flexibility index (Phi) is 6.82. The summed E-state index contributed by atoms with van der Waals surface area (Å²) in [5.74, 6) is 0.337. The lowest BCUT2D eigenvalue weighted by Gasteiger charge is -2.31. The molecule has 1 N–H and O–H groups in total. The van der Waals surface area contributed by atoms with Crippen LogP contribution in [0, 0.1) is 0 Å². The van der Waals surface area contributed by atoms with Crippen LogP contribution in [0.2, 0.25) is 5.02 Å². The van der Waals surface area contributed by atoms with Gasteiger partial charge in [0.05, 0.1) is 6.04 Å². The molecule has 0 aliphatic carbocycles. The van der Waals surface area contributed by atoms with Crippen molar-refractivity contribution >= 4 is 17.5 Å². The molecule has 1 saturated heterocycles. The van der Waals surface area contributed by atoms with Crippen LogP contribution in [0.25, 0.3) is 11.3 Å². The van der Waals surface area contributed by atoms with Crippen LogP contribution in [0.4, 0.5) is 0 Å². The molecule has 2 aromatic carbocycles. The van der Waals surface area contributed by atoms with Crippen LogP contribution in [-0.4, -0.2) is 35.6 Å². The molecule has 0 radical (unpaired) electrons. The van der Waals surface area contributed by atoms with E-state index in [4.69, 9.17) is 16.1 Å². The molecule has 1 aliphatic rings. The zero-order valence-corrected chi connectivity index (χ0v) is 17.6. The Hall–Kier alpha value is -2.63. The highest BCUT2D eigenvalue weighted by Crippen LogP contribution is 2.29. The molecule has 2 heterocycles. The first-order chi connectivity index (χ1) is 14.7. The Bertz CT molecular complexity index is 965. The maximum Gasteiger partial charge on any atom is 0.273 e. The van der Waals surface area contributed by atoms with Gasteiger partial charge in [0.15, 0.2) is 11.5 Å². The van der Waals surface area contributed by atoms with Crippen molar-refractivity contribution in [2.45, 2.75) is 31.7 Å². The van der Waals surface area contributed by atoms with E-state index in [1.54, 1.807) is 6.07 Å². The van der Waals surface area contributed by atoms with Gasteiger partial charge in [0.2, 0.25) is 0 Å². The number of rotatable bonds is 6. The third-order valence-corrected chi connectivity index (χ3v) is 5.95.